The van der Waals surface area contributed by atoms with E-state index >= 15 is 0 Å². The van der Waals surface area contributed by atoms with Crippen LogP contribution in [0.15, 0.2) is 42.7 Å². The van der Waals surface area contributed by atoms with Crippen LogP contribution in [0.25, 0.3) is 0 Å². The molecular formula is C17H21N3O3. The van der Waals surface area contributed by atoms with Crippen LogP contribution in [0.5, 0.6) is 11.5 Å². The molecule has 0 spiro atoms. The zero-order chi connectivity index (χ0) is 16.7. The number of ether oxygens (including phenoxy) is 2. The summed E-state index contributed by atoms with van der Waals surface area (Å²) in [5, 5.41) is 2.83. The van der Waals surface area contributed by atoms with Gasteiger partial charge in [0, 0.05) is 25.5 Å². The highest BCUT2D eigenvalue weighted by molar-refractivity contribution is 5.91. The Balaban J connectivity index is 2.00. The largest absolute Gasteiger partial charge is 0.455 e. The maximum absolute atomic E-state index is 11.9. The highest BCUT2D eigenvalue weighted by Gasteiger charge is 2.12. The molecule has 0 aliphatic heterocycles. The molecule has 6 nitrogen and oxygen atoms in total. The summed E-state index contributed by atoms with van der Waals surface area (Å²) in [5.74, 6) is 1.24. The number of methoxy groups -OCH3 is 1. The van der Waals surface area contributed by atoms with Gasteiger partial charge in [0.05, 0.1) is 18.7 Å². The van der Waals surface area contributed by atoms with E-state index in [1.807, 2.05) is 31.2 Å². The number of aryl methyl sites for hydroxylation is 1. The summed E-state index contributed by atoms with van der Waals surface area (Å²) in [7, 11) is 1.54. The van der Waals surface area contributed by atoms with E-state index in [0.29, 0.717) is 23.7 Å². The van der Waals surface area contributed by atoms with Crippen molar-refractivity contribution in [3.63, 3.8) is 0 Å². The predicted octanol–water partition coefficient (Wildman–Crippen LogP) is 2.48. The van der Waals surface area contributed by atoms with Crippen molar-refractivity contribution in [1.29, 1.82) is 0 Å². The second-order valence-corrected chi connectivity index (χ2v) is 5.12. The molecule has 0 fully saturated rings. The molecule has 1 heterocycles. The lowest BCUT2D eigenvalue weighted by Crippen LogP contribution is -2.28. The van der Waals surface area contributed by atoms with E-state index in [-0.39, 0.29) is 18.4 Å². The normalized spacial score (nSPS) is 11.8. The molecule has 3 N–H and O–H groups in total. The fourth-order valence-electron chi connectivity index (χ4n) is 2.06. The van der Waals surface area contributed by atoms with Gasteiger partial charge in [-0.1, -0.05) is 0 Å². The molecule has 0 bridgehead atoms. The Labute approximate surface area is 135 Å². The van der Waals surface area contributed by atoms with Crippen LogP contribution < -0.4 is 15.8 Å². The first kappa shape index (κ1) is 16.9. The lowest BCUT2D eigenvalue weighted by atomic mass is 10.2. The standard InChI is InChI=1S/C17H21N3O3/c1-12-8-13(20-17(21)9-15(10-18)22-2)5-6-16(12)23-14-4-3-7-19-11-14/h3-8,11,15H,9-10,18H2,1-2H3,(H,20,21). The number of carbonyl (C=O) groups is 1. The van der Waals surface area contributed by atoms with Gasteiger partial charge in [-0.15, -0.1) is 0 Å². The van der Waals surface area contributed by atoms with E-state index in [1.54, 1.807) is 25.6 Å². The molecule has 0 saturated heterocycles. The molecule has 6 heteroatoms. The number of hydrogen-bond acceptors (Lipinski definition) is 5. The van der Waals surface area contributed by atoms with Gasteiger partial charge in [0.1, 0.15) is 11.5 Å². The molecule has 1 amide bonds. The summed E-state index contributed by atoms with van der Waals surface area (Å²) in [6.45, 7) is 2.22. The van der Waals surface area contributed by atoms with E-state index in [9.17, 15) is 4.79 Å². The lowest BCUT2D eigenvalue weighted by molar-refractivity contribution is -0.118. The maximum atomic E-state index is 11.9. The number of nitrogens with one attached hydrogen (secondary N) is 1. The van der Waals surface area contributed by atoms with Crippen LogP contribution in [0.1, 0.15) is 12.0 Å². The molecule has 0 aliphatic rings. The van der Waals surface area contributed by atoms with Crippen LogP contribution in [0.3, 0.4) is 0 Å². The summed E-state index contributed by atoms with van der Waals surface area (Å²) in [6, 6.07) is 9.10. The van der Waals surface area contributed by atoms with Crippen LogP contribution >= 0.6 is 0 Å². The number of nitrogens with zero attached hydrogens (tertiary/aromatic N) is 1. The zero-order valence-electron chi connectivity index (χ0n) is 13.3. The second-order valence-electron chi connectivity index (χ2n) is 5.12. The Morgan fingerprint density at radius 1 is 1.39 bits per heavy atom. The molecule has 1 aromatic heterocycles. The highest BCUT2D eigenvalue weighted by atomic mass is 16.5. The van der Waals surface area contributed by atoms with Crippen LogP contribution in [0.4, 0.5) is 5.69 Å². The van der Waals surface area contributed by atoms with Crippen molar-refractivity contribution in [3.8, 4) is 11.5 Å². The van der Waals surface area contributed by atoms with Crippen LogP contribution in [0.2, 0.25) is 0 Å². The van der Waals surface area contributed by atoms with Crippen molar-refractivity contribution in [2.24, 2.45) is 5.73 Å². The third-order valence-corrected chi connectivity index (χ3v) is 3.33. The van der Waals surface area contributed by atoms with Crippen molar-refractivity contribution in [3.05, 3.63) is 48.3 Å². The van der Waals surface area contributed by atoms with Gasteiger partial charge in [-0.3, -0.25) is 9.78 Å². The SMILES string of the molecule is COC(CN)CC(=O)Nc1ccc(Oc2cccnc2)c(C)c1. The number of aromatic nitrogens is 1. The summed E-state index contributed by atoms with van der Waals surface area (Å²) in [4.78, 5) is 15.9. The summed E-state index contributed by atoms with van der Waals surface area (Å²) in [5.41, 5.74) is 7.13. The van der Waals surface area contributed by atoms with Gasteiger partial charge in [0.2, 0.25) is 5.91 Å². The summed E-state index contributed by atoms with van der Waals surface area (Å²) in [6.07, 6.45) is 3.28. The lowest BCUT2D eigenvalue weighted by Gasteiger charge is -2.14. The van der Waals surface area contributed by atoms with Crippen LogP contribution in [-0.2, 0) is 9.53 Å². The minimum atomic E-state index is -0.274. The van der Waals surface area contributed by atoms with Crippen molar-refractivity contribution in [2.75, 3.05) is 19.0 Å². The molecule has 1 unspecified atom stereocenters. The van der Waals surface area contributed by atoms with Crippen molar-refractivity contribution in [2.45, 2.75) is 19.4 Å². The van der Waals surface area contributed by atoms with E-state index in [1.165, 1.54) is 0 Å². The van der Waals surface area contributed by atoms with Crippen molar-refractivity contribution < 1.29 is 14.3 Å². The molecule has 2 aromatic rings. The van der Waals surface area contributed by atoms with E-state index < -0.39 is 0 Å². The maximum Gasteiger partial charge on any atom is 0.227 e. The van der Waals surface area contributed by atoms with Gasteiger partial charge in [0.25, 0.3) is 0 Å². The Morgan fingerprint density at radius 2 is 2.22 bits per heavy atom. The molecule has 1 aromatic carbocycles. The van der Waals surface area contributed by atoms with E-state index in [2.05, 4.69) is 10.3 Å². The Bertz CT molecular complexity index is 643. The fourth-order valence-corrected chi connectivity index (χ4v) is 2.06. The van der Waals surface area contributed by atoms with E-state index in [4.69, 9.17) is 15.2 Å². The number of carbonyl (C=O) groups excluding carboxylic acids is 1. The average Bonchev–Trinajstić information content (AvgIpc) is 2.56. The zero-order valence-corrected chi connectivity index (χ0v) is 13.3. The van der Waals surface area contributed by atoms with Gasteiger partial charge in [-0.25, -0.2) is 0 Å². The predicted molar refractivity (Wildman–Crippen MR) is 88.6 cm³/mol. The number of rotatable bonds is 7. The Kier molecular flexibility index (Phi) is 6.08. The van der Waals surface area contributed by atoms with Crippen molar-refractivity contribution >= 4 is 11.6 Å². The summed E-state index contributed by atoms with van der Waals surface area (Å²) < 4.78 is 10.9. The van der Waals surface area contributed by atoms with Crippen molar-refractivity contribution in [1.82, 2.24) is 4.98 Å². The van der Waals surface area contributed by atoms with Crippen LogP contribution in [-0.4, -0.2) is 30.6 Å². The number of hydrogen-bond donors (Lipinski definition) is 2. The van der Waals surface area contributed by atoms with Gasteiger partial charge >= 0.3 is 0 Å². The van der Waals surface area contributed by atoms with Gasteiger partial charge < -0.3 is 20.5 Å². The minimum absolute atomic E-state index is 0.136. The highest BCUT2D eigenvalue weighted by Crippen LogP contribution is 2.26. The van der Waals surface area contributed by atoms with Gasteiger partial charge in [0.15, 0.2) is 0 Å². The van der Waals surface area contributed by atoms with Crippen LogP contribution in [0, 0.1) is 6.92 Å². The topological polar surface area (TPSA) is 86.5 Å². The fraction of sp³-hybridized carbons (Fsp3) is 0.294. The number of pyridine rings is 1. The van der Waals surface area contributed by atoms with Gasteiger partial charge in [-0.05, 0) is 42.8 Å². The molecule has 23 heavy (non-hydrogen) atoms. The third-order valence-electron chi connectivity index (χ3n) is 3.33. The molecule has 1 atom stereocenters. The Morgan fingerprint density at radius 3 is 2.83 bits per heavy atom. The second kappa shape index (κ2) is 8.26. The monoisotopic (exact) mass is 315 g/mol. The number of nitrogens with two attached hydrogens (primary N) is 1. The first-order valence-electron chi connectivity index (χ1n) is 7.33. The third kappa shape index (κ3) is 5.05. The number of amides is 1. The minimum Gasteiger partial charge on any atom is -0.455 e. The first-order chi connectivity index (χ1) is 11.1. The molecule has 0 aliphatic carbocycles. The molecule has 0 saturated carbocycles. The molecule has 0 radical (unpaired) electrons. The average molecular weight is 315 g/mol. The van der Waals surface area contributed by atoms with E-state index in [0.717, 1.165) is 5.56 Å². The number of anilines is 1. The quantitative estimate of drug-likeness (QED) is 0.819. The number of benzene rings is 1. The molecule has 122 valence electrons. The molecular weight excluding hydrogens is 294 g/mol. The first-order valence-corrected chi connectivity index (χ1v) is 7.33. The molecule has 2 rings (SSSR count). The van der Waals surface area contributed by atoms with Gasteiger partial charge in [-0.2, -0.15) is 0 Å². The summed E-state index contributed by atoms with van der Waals surface area (Å²) >= 11 is 0. The smallest absolute Gasteiger partial charge is 0.227 e. The Hall–Kier alpha value is -2.44.